The highest BCUT2D eigenvalue weighted by Gasteiger charge is 2.18. The molecule has 57 heavy (non-hydrogen) atoms. The fraction of sp³-hybridized carbons (Fsp3) is 0.333. The second kappa shape index (κ2) is 21.1. The summed E-state index contributed by atoms with van der Waals surface area (Å²) in [6.07, 6.45) is 19.1. The molecule has 0 saturated heterocycles. The van der Waals surface area contributed by atoms with Crippen molar-refractivity contribution in [1.29, 1.82) is 0 Å². The normalized spacial score (nSPS) is 11.4. The fourth-order valence-corrected chi connectivity index (χ4v) is 10.9. The van der Waals surface area contributed by atoms with Crippen LogP contribution in [0.2, 0.25) is 0 Å². The Morgan fingerprint density at radius 2 is 0.579 bits per heavy atom. The van der Waals surface area contributed by atoms with Crippen molar-refractivity contribution in [1.82, 2.24) is 0 Å². The van der Waals surface area contributed by atoms with Crippen LogP contribution in [-0.4, -0.2) is 0 Å². The zero-order valence-corrected chi connectivity index (χ0v) is 36.9. The molecular weight excluding hydrogens is 745 g/mol. The van der Waals surface area contributed by atoms with Crippen LogP contribution < -0.4 is 0 Å². The van der Waals surface area contributed by atoms with E-state index in [1.165, 1.54) is 158 Å². The molecule has 4 aromatic carbocycles. The van der Waals surface area contributed by atoms with Gasteiger partial charge in [-0.05, 0) is 141 Å². The first kappa shape index (κ1) is 41.2. The van der Waals surface area contributed by atoms with Gasteiger partial charge in [0.25, 0.3) is 0 Å². The molecule has 7 aromatic rings. The van der Waals surface area contributed by atoms with Gasteiger partial charge < -0.3 is 0 Å². The van der Waals surface area contributed by atoms with Gasteiger partial charge in [-0.25, -0.2) is 0 Å². The second-order valence-corrected chi connectivity index (χ2v) is 18.6. The molecule has 294 valence electrons. The number of hydrogen-bond acceptors (Lipinski definition) is 3. The first-order valence-corrected chi connectivity index (χ1v) is 24.5. The summed E-state index contributed by atoms with van der Waals surface area (Å²) in [5.74, 6) is 0. The maximum absolute atomic E-state index is 2.45. The second-order valence-electron chi connectivity index (χ2n) is 15.8. The first-order valence-electron chi connectivity index (χ1n) is 21.8. The van der Waals surface area contributed by atoms with E-state index in [1.54, 1.807) is 0 Å². The highest BCUT2D eigenvalue weighted by atomic mass is 32.1. The van der Waals surface area contributed by atoms with E-state index in [-0.39, 0.29) is 0 Å². The third-order valence-corrected chi connectivity index (χ3v) is 14.4. The highest BCUT2D eigenvalue weighted by Crippen LogP contribution is 2.45. The Balaban J connectivity index is 1.24. The molecule has 3 heteroatoms. The Bertz CT molecular complexity index is 1970. The lowest BCUT2D eigenvalue weighted by Crippen LogP contribution is -1.89. The zero-order chi connectivity index (χ0) is 39.2. The van der Waals surface area contributed by atoms with Crippen LogP contribution in [0.25, 0.3) is 64.7 Å². The highest BCUT2D eigenvalue weighted by molar-refractivity contribution is 7.15. The van der Waals surface area contributed by atoms with E-state index >= 15 is 0 Å². The van der Waals surface area contributed by atoms with Gasteiger partial charge in [0.05, 0.1) is 0 Å². The molecule has 0 radical (unpaired) electrons. The molecule has 3 aromatic heterocycles. The van der Waals surface area contributed by atoms with Gasteiger partial charge in [0.1, 0.15) is 0 Å². The smallest absolute Gasteiger partial charge is 0.0421 e. The van der Waals surface area contributed by atoms with Crippen LogP contribution in [0, 0.1) is 0 Å². The number of hydrogen-bond donors (Lipinski definition) is 0. The Hall–Kier alpha value is -4.02. The van der Waals surface area contributed by atoms with Crippen LogP contribution in [0.4, 0.5) is 0 Å². The molecule has 0 fully saturated rings. The minimum atomic E-state index is 1.16. The average molecular weight is 805 g/mol. The lowest BCUT2D eigenvalue weighted by Gasteiger charge is -2.14. The lowest BCUT2D eigenvalue weighted by molar-refractivity contribution is 0.667. The van der Waals surface area contributed by atoms with Gasteiger partial charge in [-0.3, -0.25) is 0 Å². The molecule has 7 rings (SSSR count). The summed E-state index contributed by atoms with van der Waals surface area (Å²) in [7, 11) is 0. The van der Waals surface area contributed by atoms with Gasteiger partial charge in [0.2, 0.25) is 0 Å². The summed E-state index contributed by atoms with van der Waals surface area (Å²) >= 11 is 5.57. The SMILES string of the molecule is CCCCCCc1ccc(-c2sccc2-c2cc(-c3ccsc3-c3ccc(CCCCCC)cc3)cc(-c3ccsc3-c3ccc(CCCCCC)cc3)c2)cc1. The van der Waals surface area contributed by atoms with Gasteiger partial charge in [-0.1, -0.05) is 151 Å². The van der Waals surface area contributed by atoms with Crippen molar-refractivity contribution in [3.05, 3.63) is 142 Å². The topological polar surface area (TPSA) is 0 Å². The minimum absolute atomic E-state index is 1.16. The molecule has 0 unspecified atom stereocenters. The summed E-state index contributed by atoms with van der Waals surface area (Å²) in [5.41, 5.74) is 16.0. The van der Waals surface area contributed by atoms with E-state index in [0.717, 1.165) is 19.3 Å². The molecule has 3 heterocycles. The predicted molar refractivity (Wildman–Crippen MR) is 256 cm³/mol. The molecule has 0 nitrogen and oxygen atoms in total. The third-order valence-electron chi connectivity index (χ3n) is 11.5. The van der Waals surface area contributed by atoms with E-state index in [9.17, 15) is 0 Å². The average Bonchev–Trinajstić information content (AvgIpc) is 4.06. The van der Waals surface area contributed by atoms with Gasteiger partial charge in [-0.2, -0.15) is 0 Å². The molecular formula is C54H60S3. The molecule has 0 spiro atoms. The van der Waals surface area contributed by atoms with Crippen LogP contribution in [0.5, 0.6) is 0 Å². The lowest BCUT2D eigenvalue weighted by atomic mass is 9.91. The maximum atomic E-state index is 2.45. The van der Waals surface area contributed by atoms with Crippen LogP contribution in [0.3, 0.4) is 0 Å². The Kier molecular flexibility index (Phi) is 15.2. The Morgan fingerprint density at radius 1 is 0.298 bits per heavy atom. The van der Waals surface area contributed by atoms with E-state index in [0.29, 0.717) is 0 Å². The molecule has 0 aliphatic heterocycles. The summed E-state index contributed by atoms with van der Waals surface area (Å²) in [5, 5.41) is 6.82. The molecule has 0 atom stereocenters. The van der Waals surface area contributed by atoms with Crippen molar-refractivity contribution in [2.45, 2.75) is 117 Å². The monoisotopic (exact) mass is 804 g/mol. The van der Waals surface area contributed by atoms with Crippen LogP contribution in [0.1, 0.15) is 115 Å². The first-order chi connectivity index (χ1) is 28.1. The Morgan fingerprint density at radius 3 is 0.842 bits per heavy atom. The molecule has 0 aliphatic rings. The van der Waals surface area contributed by atoms with Gasteiger partial charge in [0.15, 0.2) is 0 Å². The summed E-state index contributed by atoms with van der Waals surface area (Å²) in [6.45, 7) is 6.86. The summed E-state index contributed by atoms with van der Waals surface area (Å²) in [4.78, 5) is 4.03. The number of rotatable bonds is 21. The van der Waals surface area contributed by atoms with E-state index in [4.69, 9.17) is 0 Å². The van der Waals surface area contributed by atoms with Crippen LogP contribution >= 0.6 is 34.0 Å². The standard InChI is InChI=1S/C54H60S3/c1-4-7-10-13-16-40-19-25-43(26-20-40)52-49(31-34-55-52)46-37-47(50-32-35-56-53(50)44-27-21-41(22-28-44)17-14-11-8-5-2)39-48(38-46)51-33-36-57-54(51)45-29-23-42(24-30-45)18-15-12-9-6-3/h19-39H,4-18H2,1-3H3. The summed E-state index contributed by atoms with van der Waals surface area (Å²) < 4.78 is 0. The Labute approximate surface area is 355 Å². The number of aryl methyl sites for hydroxylation is 3. The number of thiophene rings is 3. The summed E-state index contributed by atoms with van der Waals surface area (Å²) in [6, 6.07) is 42.6. The van der Waals surface area contributed by atoms with Crippen molar-refractivity contribution in [3.8, 4) is 64.7 Å². The van der Waals surface area contributed by atoms with E-state index in [2.05, 4.69) is 146 Å². The van der Waals surface area contributed by atoms with Crippen molar-refractivity contribution >= 4 is 34.0 Å². The van der Waals surface area contributed by atoms with E-state index in [1.807, 2.05) is 34.0 Å². The van der Waals surface area contributed by atoms with Crippen LogP contribution in [-0.2, 0) is 19.3 Å². The van der Waals surface area contributed by atoms with Crippen molar-refractivity contribution in [2.75, 3.05) is 0 Å². The van der Waals surface area contributed by atoms with Gasteiger partial charge in [0, 0.05) is 31.3 Å². The molecule has 0 amide bonds. The molecule has 0 N–H and O–H groups in total. The van der Waals surface area contributed by atoms with Gasteiger partial charge >= 0.3 is 0 Å². The molecule has 0 bridgehead atoms. The van der Waals surface area contributed by atoms with Crippen LogP contribution in [0.15, 0.2) is 125 Å². The fourth-order valence-electron chi connectivity index (χ4n) is 8.11. The van der Waals surface area contributed by atoms with Gasteiger partial charge in [-0.15, -0.1) is 34.0 Å². The molecule has 0 aliphatic carbocycles. The number of unbranched alkanes of at least 4 members (excludes halogenated alkanes) is 9. The quantitative estimate of drug-likeness (QED) is 0.0635. The largest absolute Gasteiger partial charge is 0.143 e. The number of benzene rings is 4. The minimum Gasteiger partial charge on any atom is -0.143 e. The zero-order valence-electron chi connectivity index (χ0n) is 34.5. The van der Waals surface area contributed by atoms with Crippen molar-refractivity contribution in [2.24, 2.45) is 0 Å². The van der Waals surface area contributed by atoms with Crippen molar-refractivity contribution < 1.29 is 0 Å². The predicted octanol–water partition coefficient (Wildman–Crippen LogP) is 18.2. The van der Waals surface area contributed by atoms with E-state index < -0.39 is 0 Å². The third kappa shape index (κ3) is 10.7. The maximum Gasteiger partial charge on any atom is 0.0421 e. The van der Waals surface area contributed by atoms with Crippen molar-refractivity contribution in [3.63, 3.8) is 0 Å². The molecule has 0 saturated carbocycles.